The fourth-order valence-corrected chi connectivity index (χ4v) is 2.79. The molecule has 0 spiro atoms. The molecule has 2 aromatic heterocycles. The molecule has 128 valence electrons. The highest BCUT2D eigenvalue weighted by Crippen LogP contribution is 2.24. The molecule has 0 unspecified atom stereocenters. The van der Waals surface area contributed by atoms with Gasteiger partial charge in [0.05, 0.1) is 23.3 Å². The van der Waals surface area contributed by atoms with Crippen LogP contribution in [0.25, 0.3) is 0 Å². The van der Waals surface area contributed by atoms with Gasteiger partial charge in [0.2, 0.25) is 0 Å². The number of methoxy groups -OCH3 is 1. The third-order valence-electron chi connectivity index (χ3n) is 3.21. The molecule has 0 aliphatic carbocycles. The third kappa shape index (κ3) is 4.23. The van der Waals surface area contributed by atoms with Crippen molar-refractivity contribution in [1.82, 2.24) is 4.90 Å². The number of anilines is 1. The number of thiophene rings is 1. The van der Waals surface area contributed by atoms with E-state index in [1.165, 1.54) is 18.3 Å². The van der Waals surface area contributed by atoms with Crippen molar-refractivity contribution in [1.29, 1.82) is 0 Å². The van der Waals surface area contributed by atoms with Crippen molar-refractivity contribution < 1.29 is 23.5 Å². The molecular formula is C16H18N2O5S. The number of furan rings is 1. The van der Waals surface area contributed by atoms with Crippen LogP contribution < -0.4 is 5.32 Å². The van der Waals surface area contributed by atoms with Crippen molar-refractivity contribution in [2.24, 2.45) is 0 Å². The number of nitrogens with one attached hydrogen (secondary N) is 1. The second kappa shape index (κ2) is 7.78. The van der Waals surface area contributed by atoms with Gasteiger partial charge in [-0.15, -0.1) is 11.3 Å². The van der Waals surface area contributed by atoms with Crippen LogP contribution >= 0.6 is 11.3 Å². The molecule has 24 heavy (non-hydrogen) atoms. The predicted molar refractivity (Wildman–Crippen MR) is 89.2 cm³/mol. The first kappa shape index (κ1) is 17.7. The van der Waals surface area contributed by atoms with E-state index in [2.05, 4.69) is 10.1 Å². The first-order chi connectivity index (χ1) is 11.4. The van der Waals surface area contributed by atoms with Crippen LogP contribution in [-0.4, -0.2) is 42.4 Å². The van der Waals surface area contributed by atoms with Gasteiger partial charge >= 0.3 is 5.97 Å². The summed E-state index contributed by atoms with van der Waals surface area (Å²) in [5.41, 5.74) is 0. The van der Waals surface area contributed by atoms with Gasteiger partial charge in [0.1, 0.15) is 6.54 Å². The molecule has 0 bridgehead atoms. The van der Waals surface area contributed by atoms with E-state index in [0.717, 1.165) is 11.3 Å². The van der Waals surface area contributed by atoms with Gasteiger partial charge in [-0.2, -0.15) is 0 Å². The van der Waals surface area contributed by atoms with Gasteiger partial charge in [-0.05, 0) is 38.1 Å². The number of amides is 2. The summed E-state index contributed by atoms with van der Waals surface area (Å²) in [6.45, 7) is 3.50. The molecule has 2 heterocycles. The van der Waals surface area contributed by atoms with Gasteiger partial charge in [0.25, 0.3) is 11.8 Å². The highest BCUT2D eigenvalue weighted by molar-refractivity contribution is 7.18. The first-order valence-electron chi connectivity index (χ1n) is 7.25. The Bertz CT molecular complexity index is 721. The van der Waals surface area contributed by atoms with Gasteiger partial charge in [-0.25, -0.2) is 0 Å². The summed E-state index contributed by atoms with van der Waals surface area (Å²) in [6, 6.07) is 6.24. The molecule has 0 saturated carbocycles. The standard InChI is InChI=1S/C16H18N2O5S/c1-10(2)18(9-14(19)22-3)16(21)12-6-7-13(24-12)17-15(20)11-5-4-8-23-11/h4-8,10H,9H2,1-3H3,(H,17,20). The van der Waals surface area contributed by atoms with E-state index in [4.69, 9.17) is 4.42 Å². The van der Waals surface area contributed by atoms with Crippen LogP contribution in [0.5, 0.6) is 0 Å². The summed E-state index contributed by atoms with van der Waals surface area (Å²) < 4.78 is 9.63. The Morgan fingerprint density at radius 2 is 2.04 bits per heavy atom. The van der Waals surface area contributed by atoms with E-state index in [1.54, 1.807) is 24.3 Å². The normalized spacial score (nSPS) is 10.5. The molecule has 8 heteroatoms. The molecule has 2 aromatic rings. The average Bonchev–Trinajstić information content (AvgIpc) is 3.22. The first-order valence-corrected chi connectivity index (χ1v) is 8.06. The molecule has 1 N–H and O–H groups in total. The van der Waals surface area contributed by atoms with Crippen molar-refractivity contribution in [3.8, 4) is 0 Å². The van der Waals surface area contributed by atoms with Crippen LogP contribution in [0.4, 0.5) is 5.00 Å². The van der Waals surface area contributed by atoms with Crippen LogP contribution in [0.15, 0.2) is 34.9 Å². The molecule has 0 fully saturated rings. The fourth-order valence-electron chi connectivity index (χ4n) is 1.94. The minimum Gasteiger partial charge on any atom is -0.468 e. The Morgan fingerprint density at radius 1 is 1.29 bits per heavy atom. The second-order valence-electron chi connectivity index (χ2n) is 5.20. The van der Waals surface area contributed by atoms with Crippen LogP contribution in [-0.2, 0) is 9.53 Å². The molecule has 2 rings (SSSR count). The molecule has 7 nitrogen and oxygen atoms in total. The minimum absolute atomic E-state index is 0.126. The van der Waals surface area contributed by atoms with Crippen LogP contribution in [0.1, 0.15) is 34.1 Å². The lowest BCUT2D eigenvalue weighted by atomic mass is 10.3. The monoisotopic (exact) mass is 350 g/mol. The van der Waals surface area contributed by atoms with Crippen molar-refractivity contribution in [2.75, 3.05) is 19.0 Å². The molecule has 0 radical (unpaired) electrons. The summed E-state index contributed by atoms with van der Waals surface area (Å²) in [5.74, 6) is -0.985. The maximum Gasteiger partial charge on any atom is 0.325 e. The fraction of sp³-hybridized carbons (Fsp3) is 0.312. The molecule has 0 aromatic carbocycles. The number of carbonyl (C=O) groups is 3. The second-order valence-corrected chi connectivity index (χ2v) is 6.28. The molecule has 0 aliphatic heterocycles. The summed E-state index contributed by atoms with van der Waals surface area (Å²) in [6.07, 6.45) is 1.41. The summed E-state index contributed by atoms with van der Waals surface area (Å²) >= 11 is 1.13. The Morgan fingerprint density at radius 3 is 2.62 bits per heavy atom. The van der Waals surface area contributed by atoms with E-state index < -0.39 is 11.9 Å². The lowest BCUT2D eigenvalue weighted by Gasteiger charge is -2.24. The summed E-state index contributed by atoms with van der Waals surface area (Å²) in [7, 11) is 1.28. The zero-order chi connectivity index (χ0) is 17.7. The van der Waals surface area contributed by atoms with E-state index in [-0.39, 0.29) is 24.3 Å². The lowest BCUT2D eigenvalue weighted by molar-refractivity contribution is -0.141. The highest BCUT2D eigenvalue weighted by atomic mass is 32.1. The van der Waals surface area contributed by atoms with Crippen molar-refractivity contribution in [2.45, 2.75) is 19.9 Å². The smallest absolute Gasteiger partial charge is 0.325 e. The topological polar surface area (TPSA) is 88.9 Å². The Balaban J connectivity index is 2.09. The Hall–Kier alpha value is -2.61. The number of carbonyl (C=O) groups excluding carboxylic acids is 3. The van der Waals surface area contributed by atoms with Crippen molar-refractivity contribution >= 4 is 34.1 Å². The van der Waals surface area contributed by atoms with Gasteiger partial charge in [0, 0.05) is 6.04 Å². The van der Waals surface area contributed by atoms with Crippen molar-refractivity contribution in [3.05, 3.63) is 41.2 Å². The number of hydrogen-bond acceptors (Lipinski definition) is 6. The summed E-state index contributed by atoms with van der Waals surface area (Å²) in [5, 5.41) is 3.18. The molecule has 0 aliphatic rings. The highest BCUT2D eigenvalue weighted by Gasteiger charge is 2.23. The quantitative estimate of drug-likeness (QED) is 0.809. The van der Waals surface area contributed by atoms with Crippen molar-refractivity contribution in [3.63, 3.8) is 0 Å². The number of rotatable bonds is 6. The number of nitrogens with zero attached hydrogens (tertiary/aromatic N) is 1. The van der Waals surface area contributed by atoms with Gasteiger partial charge in [0.15, 0.2) is 5.76 Å². The van der Waals surface area contributed by atoms with Gasteiger partial charge < -0.3 is 19.4 Å². The molecule has 0 atom stereocenters. The zero-order valence-corrected chi connectivity index (χ0v) is 14.4. The van der Waals surface area contributed by atoms with E-state index in [0.29, 0.717) is 9.88 Å². The SMILES string of the molecule is COC(=O)CN(C(=O)c1ccc(NC(=O)c2ccco2)s1)C(C)C. The van der Waals surface area contributed by atoms with Crippen LogP contribution in [0.3, 0.4) is 0 Å². The molecule has 0 saturated heterocycles. The minimum atomic E-state index is -0.486. The van der Waals surface area contributed by atoms with E-state index >= 15 is 0 Å². The largest absolute Gasteiger partial charge is 0.468 e. The number of ether oxygens (including phenoxy) is 1. The average molecular weight is 350 g/mol. The zero-order valence-electron chi connectivity index (χ0n) is 13.6. The predicted octanol–water partition coefficient (Wildman–Crippen LogP) is 2.62. The Kier molecular flexibility index (Phi) is 5.75. The Labute approximate surface area is 143 Å². The van der Waals surface area contributed by atoms with E-state index in [9.17, 15) is 14.4 Å². The molecular weight excluding hydrogens is 332 g/mol. The number of esters is 1. The number of hydrogen-bond donors (Lipinski definition) is 1. The summed E-state index contributed by atoms with van der Waals surface area (Å²) in [4.78, 5) is 37.8. The maximum absolute atomic E-state index is 12.6. The third-order valence-corrected chi connectivity index (χ3v) is 4.20. The molecule has 2 amide bonds. The lowest BCUT2D eigenvalue weighted by Crippen LogP contribution is -2.40. The van der Waals surface area contributed by atoms with Crippen LogP contribution in [0, 0.1) is 0 Å². The maximum atomic E-state index is 12.6. The van der Waals surface area contributed by atoms with Crippen LogP contribution in [0.2, 0.25) is 0 Å². The van der Waals surface area contributed by atoms with Gasteiger partial charge in [-0.1, -0.05) is 0 Å². The van der Waals surface area contributed by atoms with Gasteiger partial charge in [-0.3, -0.25) is 14.4 Å². The van der Waals surface area contributed by atoms with E-state index in [1.807, 2.05) is 13.8 Å².